The lowest BCUT2D eigenvalue weighted by molar-refractivity contribution is -0.107. The number of hydrogen-bond acceptors (Lipinski definition) is 1. The van der Waals surface area contributed by atoms with Crippen LogP contribution >= 0.6 is 0 Å². The van der Waals surface area contributed by atoms with Gasteiger partial charge in [-0.1, -0.05) is 25.2 Å². The molecule has 0 spiro atoms. The summed E-state index contributed by atoms with van der Waals surface area (Å²) in [6.45, 7) is 2.16. The molecule has 0 saturated carbocycles. The minimum atomic E-state index is 0.452. The Morgan fingerprint density at radius 2 is 2.40 bits per heavy atom. The Balaban J connectivity index is 2.46. The predicted molar refractivity (Wildman–Crippen MR) is 61.7 cm³/mol. The van der Waals surface area contributed by atoms with Crippen LogP contribution in [0.15, 0.2) is 18.3 Å². The number of aryl methyl sites for hydroxylation is 1. The smallest absolute Gasteiger partial charge is 0.120 e. The zero-order valence-corrected chi connectivity index (χ0v) is 8.86. The van der Waals surface area contributed by atoms with Crippen LogP contribution in [0.25, 0.3) is 12.2 Å². The van der Waals surface area contributed by atoms with E-state index in [0.29, 0.717) is 12.3 Å². The summed E-state index contributed by atoms with van der Waals surface area (Å²) in [4.78, 5) is 13.6. The summed E-state index contributed by atoms with van der Waals surface area (Å²) in [5.41, 5.74) is 1.24. The number of aromatic nitrogens is 1. The molecule has 1 unspecified atom stereocenters. The quantitative estimate of drug-likeness (QED) is 0.724. The van der Waals surface area contributed by atoms with Crippen LogP contribution in [0, 0.1) is 5.92 Å². The first kappa shape index (κ1) is 9.97. The Morgan fingerprint density at radius 3 is 3.20 bits per heavy atom. The summed E-state index contributed by atoms with van der Waals surface area (Å²) < 4.78 is 0. The fourth-order valence-corrected chi connectivity index (χ4v) is 1.89. The number of rotatable bonds is 3. The van der Waals surface area contributed by atoms with E-state index < -0.39 is 0 Å². The topological polar surface area (TPSA) is 32.9 Å². The van der Waals surface area contributed by atoms with Gasteiger partial charge in [0.05, 0.1) is 0 Å². The van der Waals surface area contributed by atoms with Crippen molar-refractivity contribution in [2.24, 2.45) is 5.92 Å². The average molecular weight is 201 g/mol. The van der Waals surface area contributed by atoms with E-state index in [1.807, 2.05) is 6.20 Å². The minimum Gasteiger partial charge on any atom is -0.361 e. The highest BCUT2D eigenvalue weighted by Gasteiger charge is 2.02. The number of fused-ring (bicyclic) bond motifs is 1. The lowest BCUT2D eigenvalue weighted by Gasteiger charge is -1.96. The second-order valence-electron chi connectivity index (χ2n) is 3.92. The summed E-state index contributed by atoms with van der Waals surface area (Å²) in [6, 6.07) is 0. The highest BCUT2D eigenvalue weighted by Crippen LogP contribution is 2.02. The van der Waals surface area contributed by atoms with Crippen LogP contribution in [0.1, 0.15) is 18.9 Å². The van der Waals surface area contributed by atoms with Gasteiger partial charge in [0.15, 0.2) is 0 Å². The number of nitrogens with one attached hydrogen (secondary N) is 1. The Morgan fingerprint density at radius 1 is 1.53 bits per heavy atom. The number of allylic oxidation sites excluding steroid dienone is 2. The molecule has 1 aromatic rings. The fourth-order valence-electron chi connectivity index (χ4n) is 1.89. The maximum absolute atomic E-state index is 10.4. The molecule has 1 atom stereocenters. The van der Waals surface area contributed by atoms with Gasteiger partial charge in [-0.2, -0.15) is 0 Å². The maximum Gasteiger partial charge on any atom is 0.120 e. The van der Waals surface area contributed by atoms with E-state index in [9.17, 15) is 4.79 Å². The minimum absolute atomic E-state index is 0.452. The summed E-state index contributed by atoms with van der Waals surface area (Å²) in [6.07, 6.45) is 13.0. The van der Waals surface area contributed by atoms with Gasteiger partial charge in [-0.25, -0.2) is 0 Å². The molecule has 0 saturated heterocycles. The van der Waals surface area contributed by atoms with E-state index in [-0.39, 0.29) is 0 Å². The Hall–Kier alpha value is -1.57. The van der Waals surface area contributed by atoms with Crippen molar-refractivity contribution < 1.29 is 4.79 Å². The third-order valence-electron chi connectivity index (χ3n) is 2.68. The largest absolute Gasteiger partial charge is 0.361 e. The van der Waals surface area contributed by atoms with E-state index in [2.05, 4.69) is 36.2 Å². The van der Waals surface area contributed by atoms with Gasteiger partial charge in [-0.15, -0.1) is 0 Å². The third-order valence-corrected chi connectivity index (χ3v) is 2.68. The zero-order chi connectivity index (χ0) is 10.7. The number of H-pyrrole nitrogens is 1. The van der Waals surface area contributed by atoms with Crippen molar-refractivity contribution in [2.75, 3.05) is 0 Å². The zero-order valence-electron chi connectivity index (χ0n) is 8.86. The Kier molecular flexibility index (Phi) is 2.86. The second-order valence-corrected chi connectivity index (χ2v) is 3.92. The molecule has 1 aliphatic rings. The van der Waals surface area contributed by atoms with Gasteiger partial charge in [0, 0.05) is 18.0 Å². The molecule has 2 rings (SSSR count). The molecule has 15 heavy (non-hydrogen) atoms. The van der Waals surface area contributed by atoms with Crippen LogP contribution in [0.4, 0.5) is 0 Å². The Labute approximate surface area is 89.0 Å². The van der Waals surface area contributed by atoms with Crippen LogP contribution in [0.3, 0.4) is 0 Å². The first-order valence-electron chi connectivity index (χ1n) is 5.31. The molecule has 0 fully saturated rings. The molecule has 0 aliphatic heterocycles. The van der Waals surface area contributed by atoms with Crippen LogP contribution in [0.2, 0.25) is 0 Å². The van der Waals surface area contributed by atoms with E-state index in [4.69, 9.17) is 0 Å². The van der Waals surface area contributed by atoms with Crippen LogP contribution in [-0.4, -0.2) is 11.3 Å². The molecule has 1 heterocycles. The summed E-state index contributed by atoms with van der Waals surface area (Å²) in [7, 11) is 0. The molecular formula is C13H15NO. The third kappa shape index (κ3) is 2.09. The van der Waals surface area contributed by atoms with Gasteiger partial charge in [-0.3, -0.25) is 0 Å². The first-order chi connectivity index (χ1) is 7.31. The van der Waals surface area contributed by atoms with Gasteiger partial charge in [0.2, 0.25) is 0 Å². The summed E-state index contributed by atoms with van der Waals surface area (Å²) in [5.74, 6) is 0.452. The van der Waals surface area contributed by atoms with Crippen molar-refractivity contribution in [3.8, 4) is 0 Å². The van der Waals surface area contributed by atoms with Gasteiger partial charge in [-0.05, 0) is 29.2 Å². The molecule has 0 radical (unpaired) electrons. The molecule has 0 amide bonds. The lowest BCUT2D eigenvalue weighted by atomic mass is 10.1. The summed E-state index contributed by atoms with van der Waals surface area (Å²) in [5, 5.41) is 2.41. The van der Waals surface area contributed by atoms with E-state index in [1.165, 1.54) is 10.8 Å². The number of carbonyl (C=O) groups excluding carboxylic acids is 1. The van der Waals surface area contributed by atoms with Crippen molar-refractivity contribution >= 4 is 18.4 Å². The van der Waals surface area contributed by atoms with Crippen molar-refractivity contribution in [3.63, 3.8) is 0 Å². The van der Waals surface area contributed by atoms with Gasteiger partial charge in [0.25, 0.3) is 0 Å². The number of carbonyl (C=O) groups is 1. The van der Waals surface area contributed by atoms with Crippen LogP contribution in [0.5, 0.6) is 0 Å². The van der Waals surface area contributed by atoms with Crippen LogP contribution in [-0.2, 0) is 11.2 Å². The number of hydrogen-bond donors (Lipinski definition) is 1. The molecule has 1 aromatic heterocycles. The second kappa shape index (κ2) is 4.30. The SMILES string of the molecule is CC1C=CC=c2[nH]cc(CCC=O)c2=C1. The summed E-state index contributed by atoms with van der Waals surface area (Å²) >= 11 is 0. The molecular weight excluding hydrogens is 186 g/mol. The standard InChI is InChI=1S/C13H15NO/c1-10-4-2-6-13-12(8-10)11(9-14-13)5-3-7-15/h2,4,6-10,14H,3,5H2,1H3. The van der Waals surface area contributed by atoms with E-state index in [1.54, 1.807) is 0 Å². The predicted octanol–water partition coefficient (Wildman–Crippen LogP) is 0.913. The van der Waals surface area contributed by atoms with Crippen molar-refractivity contribution in [1.29, 1.82) is 0 Å². The fraction of sp³-hybridized carbons (Fsp3) is 0.308. The molecule has 0 bridgehead atoms. The molecule has 0 aromatic carbocycles. The molecule has 1 N–H and O–H groups in total. The average Bonchev–Trinajstić information content (AvgIpc) is 2.48. The lowest BCUT2D eigenvalue weighted by Crippen LogP contribution is -2.25. The van der Waals surface area contributed by atoms with Crippen molar-refractivity contribution in [1.82, 2.24) is 4.98 Å². The van der Waals surface area contributed by atoms with Crippen LogP contribution < -0.4 is 10.6 Å². The normalized spacial score (nSPS) is 18.6. The van der Waals surface area contributed by atoms with Crippen molar-refractivity contribution in [2.45, 2.75) is 19.8 Å². The van der Waals surface area contributed by atoms with E-state index >= 15 is 0 Å². The maximum atomic E-state index is 10.4. The number of aromatic amines is 1. The highest BCUT2D eigenvalue weighted by molar-refractivity contribution is 5.51. The molecule has 1 aliphatic carbocycles. The molecule has 78 valence electrons. The number of aldehydes is 1. The highest BCUT2D eigenvalue weighted by atomic mass is 16.1. The van der Waals surface area contributed by atoms with Gasteiger partial charge in [0.1, 0.15) is 6.29 Å². The van der Waals surface area contributed by atoms with Crippen molar-refractivity contribution in [3.05, 3.63) is 34.5 Å². The van der Waals surface area contributed by atoms with Gasteiger partial charge >= 0.3 is 0 Å². The van der Waals surface area contributed by atoms with Gasteiger partial charge < -0.3 is 9.78 Å². The monoisotopic (exact) mass is 201 g/mol. The first-order valence-corrected chi connectivity index (χ1v) is 5.31. The molecule has 2 nitrogen and oxygen atoms in total. The Bertz CT molecular complexity index is 493. The van der Waals surface area contributed by atoms with E-state index in [0.717, 1.165) is 18.1 Å². The molecule has 2 heteroatoms.